The van der Waals surface area contributed by atoms with Gasteiger partial charge in [0.15, 0.2) is 0 Å². The van der Waals surface area contributed by atoms with Gasteiger partial charge in [0, 0.05) is 36.1 Å². The molecule has 0 aliphatic rings. The average molecular weight is 387 g/mol. The maximum Gasteiger partial charge on any atom is 0.410 e. The van der Waals surface area contributed by atoms with Crippen LogP contribution in [0.4, 0.5) is 10.5 Å². The number of carbonyl (C=O) groups is 1. The molecule has 2 aromatic rings. The summed E-state index contributed by atoms with van der Waals surface area (Å²) in [5.74, 6) is 0. The number of nitro groups is 1. The van der Waals surface area contributed by atoms with Gasteiger partial charge in [-0.2, -0.15) is 0 Å². The molecule has 1 aromatic heterocycles. The van der Waals surface area contributed by atoms with Crippen LogP contribution in [0.1, 0.15) is 36.8 Å². The van der Waals surface area contributed by atoms with Crippen molar-refractivity contribution >= 4 is 11.8 Å². The van der Waals surface area contributed by atoms with Crippen LogP contribution in [-0.4, -0.2) is 45.2 Å². The smallest absolute Gasteiger partial charge is 0.410 e. The minimum absolute atomic E-state index is 0.0160. The van der Waals surface area contributed by atoms with Crippen molar-refractivity contribution in [1.29, 1.82) is 0 Å². The molecule has 0 unspecified atom stereocenters. The molecule has 0 saturated carbocycles. The van der Waals surface area contributed by atoms with E-state index in [0.717, 1.165) is 5.56 Å². The Labute approximate surface area is 163 Å². The monoisotopic (exact) mass is 387 g/mol. The second-order valence-electron chi connectivity index (χ2n) is 6.75. The minimum atomic E-state index is -0.898. The second kappa shape index (κ2) is 9.80. The van der Waals surface area contributed by atoms with Crippen molar-refractivity contribution in [2.45, 2.75) is 39.4 Å². The lowest BCUT2D eigenvalue weighted by molar-refractivity contribution is -0.384. The summed E-state index contributed by atoms with van der Waals surface area (Å²) >= 11 is 0. The van der Waals surface area contributed by atoms with Crippen molar-refractivity contribution in [1.82, 2.24) is 9.88 Å². The van der Waals surface area contributed by atoms with Crippen LogP contribution in [0.15, 0.2) is 42.6 Å². The summed E-state index contributed by atoms with van der Waals surface area (Å²) in [7, 11) is 0. The molecule has 0 bridgehead atoms. The van der Waals surface area contributed by atoms with E-state index in [0.29, 0.717) is 24.2 Å². The van der Waals surface area contributed by atoms with Gasteiger partial charge < -0.3 is 14.7 Å². The molecule has 8 nitrogen and oxygen atoms in total. The highest BCUT2D eigenvalue weighted by molar-refractivity contribution is 5.68. The first-order chi connectivity index (χ1) is 13.3. The third kappa shape index (κ3) is 6.02. The van der Waals surface area contributed by atoms with Crippen LogP contribution in [0.5, 0.6) is 0 Å². The Hall–Kier alpha value is -3.00. The lowest BCUT2D eigenvalue weighted by Crippen LogP contribution is -2.38. The van der Waals surface area contributed by atoms with Gasteiger partial charge in [0.2, 0.25) is 0 Å². The van der Waals surface area contributed by atoms with Crippen molar-refractivity contribution in [3.8, 4) is 0 Å². The Morgan fingerprint density at radius 3 is 2.54 bits per heavy atom. The van der Waals surface area contributed by atoms with Gasteiger partial charge in [-0.3, -0.25) is 15.1 Å². The molecule has 150 valence electrons. The number of non-ortho nitro benzene ring substituents is 1. The predicted molar refractivity (Wildman–Crippen MR) is 104 cm³/mol. The van der Waals surface area contributed by atoms with Gasteiger partial charge in [-0.15, -0.1) is 0 Å². The quantitative estimate of drug-likeness (QED) is 0.549. The lowest BCUT2D eigenvalue weighted by atomic mass is 10.1. The van der Waals surface area contributed by atoms with E-state index in [-0.39, 0.29) is 18.3 Å². The van der Waals surface area contributed by atoms with Crippen LogP contribution >= 0.6 is 0 Å². The molecule has 1 aromatic carbocycles. The highest BCUT2D eigenvalue weighted by atomic mass is 16.6. The van der Waals surface area contributed by atoms with Crippen LogP contribution in [-0.2, 0) is 11.2 Å². The summed E-state index contributed by atoms with van der Waals surface area (Å²) in [6, 6.07) is 9.69. The van der Waals surface area contributed by atoms with E-state index in [4.69, 9.17) is 4.74 Å². The van der Waals surface area contributed by atoms with E-state index in [9.17, 15) is 20.0 Å². The molecule has 28 heavy (non-hydrogen) atoms. The molecular weight excluding hydrogens is 362 g/mol. The van der Waals surface area contributed by atoms with E-state index in [1.54, 1.807) is 51.2 Å². The fourth-order valence-corrected chi connectivity index (χ4v) is 2.74. The van der Waals surface area contributed by atoms with Crippen LogP contribution in [0.2, 0.25) is 0 Å². The first kappa shape index (κ1) is 21.3. The number of aryl methyl sites for hydroxylation is 1. The van der Waals surface area contributed by atoms with Crippen molar-refractivity contribution in [3.05, 3.63) is 69.5 Å². The minimum Gasteiger partial charge on any atom is -0.447 e. The van der Waals surface area contributed by atoms with Crippen LogP contribution < -0.4 is 0 Å². The molecule has 0 aliphatic heterocycles. The van der Waals surface area contributed by atoms with E-state index < -0.39 is 17.1 Å². The normalized spacial score (nSPS) is 11.9. The first-order valence-electron chi connectivity index (χ1n) is 9.06. The van der Waals surface area contributed by atoms with Crippen LogP contribution in [0.25, 0.3) is 0 Å². The number of benzene rings is 1. The number of hydrogen-bond donors (Lipinski definition) is 1. The summed E-state index contributed by atoms with van der Waals surface area (Å²) in [4.78, 5) is 28.4. The number of amides is 1. The molecule has 2 rings (SSSR count). The van der Waals surface area contributed by atoms with Crippen molar-refractivity contribution in [2.75, 3.05) is 13.1 Å². The van der Waals surface area contributed by atoms with Gasteiger partial charge in [-0.1, -0.05) is 18.2 Å². The zero-order chi connectivity index (χ0) is 20.7. The van der Waals surface area contributed by atoms with Gasteiger partial charge in [0.25, 0.3) is 5.69 Å². The summed E-state index contributed by atoms with van der Waals surface area (Å²) < 4.78 is 5.29. The molecular formula is C20H25N3O5. The predicted octanol–water partition coefficient (Wildman–Crippen LogP) is 3.42. The van der Waals surface area contributed by atoms with Crippen LogP contribution in [0.3, 0.4) is 0 Å². The van der Waals surface area contributed by atoms with E-state index in [1.807, 2.05) is 0 Å². The number of aliphatic hydroxyl groups excluding tert-OH is 1. The Balaban J connectivity index is 2.09. The fourth-order valence-electron chi connectivity index (χ4n) is 2.74. The fraction of sp³-hybridized carbons (Fsp3) is 0.400. The first-order valence-corrected chi connectivity index (χ1v) is 9.06. The number of ether oxygens (including phenoxy) is 1. The molecule has 0 aliphatic carbocycles. The van der Waals surface area contributed by atoms with E-state index in [1.165, 1.54) is 17.0 Å². The van der Waals surface area contributed by atoms with Crippen LogP contribution in [0, 0.1) is 17.0 Å². The topological polar surface area (TPSA) is 106 Å². The molecule has 1 heterocycles. The highest BCUT2D eigenvalue weighted by Gasteiger charge is 2.22. The number of rotatable bonds is 8. The summed E-state index contributed by atoms with van der Waals surface area (Å²) in [5, 5.41) is 21.3. The second-order valence-corrected chi connectivity index (χ2v) is 6.75. The molecule has 0 saturated heterocycles. The van der Waals surface area contributed by atoms with Crippen molar-refractivity contribution in [3.63, 3.8) is 0 Å². The maximum absolute atomic E-state index is 12.5. The standard InChI is InChI=1S/C20H25N3O5/c1-14(2)28-20(25)22(13-19(24)18-5-4-11-21-15(18)3)12-10-16-6-8-17(9-7-16)23(26)27/h4-9,11,14,19,24H,10,12-13H2,1-3H3/t19-/m0/s1. The van der Waals surface area contributed by atoms with Crippen molar-refractivity contribution in [2.24, 2.45) is 0 Å². The highest BCUT2D eigenvalue weighted by Crippen LogP contribution is 2.18. The van der Waals surface area contributed by atoms with Gasteiger partial charge in [0.05, 0.1) is 23.7 Å². The number of aromatic nitrogens is 1. The number of hydrogen-bond acceptors (Lipinski definition) is 6. The SMILES string of the molecule is Cc1ncccc1[C@@H](O)CN(CCc1ccc([N+](=O)[O-])cc1)C(=O)OC(C)C. The molecule has 0 fully saturated rings. The maximum atomic E-state index is 12.5. The molecule has 1 N–H and O–H groups in total. The third-order valence-corrected chi connectivity index (χ3v) is 4.21. The number of pyridine rings is 1. The zero-order valence-electron chi connectivity index (χ0n) is 16.2. The number of nitro benzene ring substituents is 1. The van der Waals surface area contributed by atoms with Gasteiger partial charge in [-0.25, -0.2) is 4.79 Å². The Kier molecular flexibility index (Phi) is 7.45. The molecule has 1 amide bonds. The Bertz CT molecular complexity index is 808. The summed E-state index contributed by atoms with van der Waals surface area (Å²) in [6.45, 7) is 5.68. The van der Waals surface area contributed by atoms with E-state index >= 15 is 0 Å². The largest absolute Gasteiger partial charge is 0.447 e. The van der Waals surface area contributed by atoms with Gasteiger partial charge >= 0.3 is 6.09 Å². The van der Waals surface area contributed by atoms with Gasteiger partial charge in [0.1, 0.15) is 0 Å². The van der Waals surface area contributed by atoms with Gasteiger partial charge in [-0.05, 0) is 38.8 Å². The third-order valence-electron chi connectivity index (χ3n) is 4.21. The van der Waals surface area contributed by atoms with E-state index in [2.05, 4.69) is 4.98 Å². The summed E-state index contributed by atoms with van der Waals surface area (Å²) in [5.41, 5.74) is 2.21. The molecule has 1 atom stereocenters. The number of nitrogens with zero attached hydrogens (tertiary/aromatic N) is 3. The lowest BCUT2D eigenvalue weighted by Gasteiger charge is -2.26. The number of aliphatic hydroxyl groups is 1. The molecule has 8 heteroatoms. The molecule has 0 radical (unpaired) electrons. The van der Waals surface area contributed by atoms with Crippen molar-refractivity contribution < 1.29 is 19.6 Å². The Morgan fingerprint density at radius 2 is 1.96 bits per heavy atom. The Morgan fingerprint density at radius 1 is 1.29 bits per heavy atom. The summed E-state index contributed by atoms with van der Waals surface area (Å²) in [6.07, 6.45) is 0.420. The number of carbonyl (C=O) groups excluding carboxylic acids is 1. The zero-order valence-corrected chi connectivity index (χ0v) is 16.2. The average Bonchev–Trinajstić information content (AvgIpc) is 2.65. The molecule has 0 spiro atoms.